The Balaban J connectivity index is 1.31. The molecule has 1 saturated heterocycles. The first-order valence-corrected chi connectivity index (χ1v) is 15.6. The van der Waals surface area contributed by atoms with Crippen molar-refractivity contribution in [3.05, 3.63) is 88.4 Å². The fourth-order valence-corrected chi connectivity index (χ4v) is 7.14. The van der Waals surface area contributed by atoms with Gasteiger partial charge in [0.2, 0.25) is 15.9 Å². The van der Waals surface area contributed by atoms with Crippen LogP contribution in [-0.4, -0.2) is 40.1 Å². The zero-order valence-electron chi connectivity index (χ0n) is 20.2. The van der Waals surface area contributed by atoms with E-state index >= 15 is 0 Å². The van der Waals surface area contributed by atoms with Crippen LogP contribution in [0.15, 0.2) is 82.2 Å². The molecule has 1 amide bonds. The summed E-state index contributed by atoms with van der Waals surface area (Å²) in [5, 5.41) is 2.82. The lowest BCUT2D eigenvalue weighted by molar-refractivity contribution is -0.120. The van der Waals surface area contributed by atoms with Gasteiger partial charge in [0.25, 0.3) is 10.0 Å². The second-order valence-corrected chi connectivity index (χ2v) is 13.5. The molecule has 0 radical (unpaired) electrons. The van der Waals surface area contributed by atoms with Crippen LogP contribution in [-0.2, 0) is 30.6 Å². The largest absolute Gasteiger partial charge is 0.326 e. The quantitative estimate of drug-likeness (QED) is 0.385. The standard InChI is InChI=1S/C26H28BrN3O5S2/c1-19-4-2-3-5-21(19)18-36(32,33)30-16-14-20(15-17-30)26(31)28-23-10-12-25(13-11-23)37(34,35)29-24-8-6-22(27)7-9-24/h2-13,20,29H,14-18H2,1H3,(H,28,31). The van der Waals surface area contributed by atoms with E-state index in [1.807, 2.05) is 31.2 Å². The Morgan fingerprint density at radius 3 is 2.11 bits per heavy atom. The summed E-state index contributed by atoms with van der Waals surface area (Å²) >= 11 is 3.31. The van der Waals surface area contributed by atoms with Crippen LogP contribution in [0.1, 0.15) is 24.0 Å². The smallest absolute Gasteiger partial charge is 0.261 e. The average Bonchev–Trinajstić information content (AvgIpc) is 2.87. The van der Waals surface area contributed by atoms with Gasteiger partial charge in [0.15, 0.2) is 0 Å². The molecule has 0 saturated carbocycles. The van der Waals surface area contributed by atoms with Crippen molar-refractivity contribution in [1.29, 1.82) is 0 Å². The Morgan fingerprint density at radius 1 is 0.892 bits per heavy atom. The van der Waals surface area contributed by atoms with E-state index in [0.717, 1.165) is 15.6 Å². The Labute approximate surface area is 226 Å². The summed E-state index contributed by atoms with van der Waals surface area (Å²) in [6.07, 6.45) is 0.838. The van der Waals surface area contributed by atoms with Gasteiger partial charge in [-0.2, -0.15) is 0 Å². The molecule has 11 heteroatoms. The normalized spacial score (nSPS) is 15.3. The molecule has 3 aromatic rings. The Morgan fingerprint density at radius 2 is 1.49 bits per heavy atom. The highest BCUT2D eigenvalue weighted by Gasteiger charge is 2.31. The second-order valence-electron chi connectivity index (χ2n) is 8.98. The summed E-state index contributed by atoms with van der Waals surface area (Å²) < 4.78 is 55.9. The van der Waals surface area contributed by atoms with Gasteiger partial charge in [-0.3, -0.25) is 9.52 Å². The van der Waals surface area contributed by atoms with Crippen molar-refractivity contribution in [3.8, 4) is 0 Å². The predicted octanol–water partition coefficient (Wildman–Crippen LogP) is 4.74. The number of anilines is 2. The van der Waals surface area contributed by atoms with Crippen molar-refractivity contribution in [2.45, 2.75) is 30.4 Å². The van der Waals surface area contributed by atoms with Gasteiger partial charge in [-0.1, -0.05) is 40.2 Å². The maximum Gasteiger partial charge on any atom is 0.261 e. The maximum absolute atomic E-state index is 12.9. The minimum absolute atomic E-state index is 0.0531. The zero-order valence-corrected chi connectivity index (χ0v) is 23.4. The van der Waals surface area contributed by atoms with E-state index in [4.69, 9.17) is 0 Å². The van der Waals surface area contributed by atoms with Gasteiger partial charge in [0.05, 0.1) is 10.6 Å². The molecule has 0 bridgehead atoms. The van der Waals surface area contributed by atoms with E-state index in [0.29, 0.717) is 24.2 Å². The molecule has 0 aliphatic carbocycles. The van der Waals surface area contributed by atoms with E-state index in [1.165, 1.54) is 28.6 Å². The van der Waals surface area contributed by atoms with E-state index in [9.17, 15) is 21.6 Å². The number of nitrogens with one attached hydrogen (secondary N) is 2. The van der Waals surface area contributed by atoms with Gasteiger partial charge in [0, 0.05) is 34.9 Å². The minimum atomic E-state index is -3.78. The van der Waals surface area contributed by atoms with Crippen LogP contribution in [0.5, 0.6) is 0 Å². The zero-order chi connectivity index (χ0) is 26.6. The highest BCUT2D eigenvalue weighted by molar-refractivity contribution is 9.10. The summed E-state index contributed by atoms with van der Waals surface area (Å²) in [7, 11) is -7.25. The van der Waals surface area contributed by atoms with Crippen LogP contribution in [0.3, 0.4) is 0 Å². The second kappa shape index (κ2) is 11.3. The first kappa shape index (κ1) is 27.3. The summed E-state index contributed by atoms with van der Waals surface area (Å²) in [6, 6.07) is 20.1. The fraction of sp³-hybridized carbons (Fsp3) is 0.269. The molecule has 0 spiro atoms. The number of rotatable bonds is 8. The van der Waals surface area contributed by atoms with E-state index < -0.39 is 20.0 Å². The summed E-state index contributed by atoms with van der Waals surface area (Å²) in [6.45, 7) is 2.46. The fourth-order valence-electron chi connectivity index (χ4n) is 4.15. The lowest BCUT2D eigenvalue weighted by atomic mass is 9.97. The number of aryl methyl sites for hydroxylation is 1. The van der Waals surface area contributed by atoms with Crippen LogP contribution in [0.25, 0.3) is 0 Å². The third kappa shape index (κ3) is 6.98. The monoisotopic (exact) mass is 605 g/mol. The number of amides is 1. The van der Waals surface area contributed by atoms with Crippen LogP contribution in [0.2, 0.25) is 0 Å². The first-order chi connectivity index (χ1) is 17.5. The number of carbonyl (C=O) groups is 1. The molecule has 8 nitrogen and oxygen atoms in total. The molecule has 2 N–H and O–H groups in total. The van der Waals surface area contributed by atoms with E-state index in [2.05, 4.69) is 26.0 Å². The van der Waals surface area contributed by atoms with E-state index in [-0.39, 0.29) is 35.6 Å². The highest BCUT2D eigenvalue weighted by atomic mass is 79.9. The summed E-state index contributed by atoms with van der Waals surface area (Å²) in [5.74, 6) is -0.588. The molecule has 1 heterocycles. The lowest BCUT2D eigenvalue weighted by Crippen LogP contribution is -2.41. The predicted molar refractivity (Wildman–Crippen MR) is 148 cm³/mol. The van der Waals surface area contributed by atoms with Crippen LogP contribution < -0.4 is 10.0 Å². The van der Waals surface area contributed by atoms with Crippen molar-refractivity contribution < 1.29 is 21.6 Å². The molecule has 0 unspecified atom stereocenters. The molecule has 1 aliphatic rings. The van der Waals surface area contributed by atoms with E-state index in [1.54, 1.807) is 24.3 Å². The molecule has 1 aliphatic heterocycles. The number of sulfonamides is 2. The first-order valence-electron chi connectivity index (χ1n) is 11.8. The number of halogens is 1. The van der Waals surface area contributed by atoms with Crippen LogP contribution >= 0.6 is 15.9 Å². The number of benzene rings is 3. The van der Waals surface area contributed by atoms with Gasteiger partial charge in [0.1, 0.15) is 0 Å². The number of piperidine rings is 1. The van der Waals surface area contributed by atoms with Gasteiger partial charge in [-0.15, -0.1) is 0 Å². The Kier molecular flexibility index (Phi) is 8.37. The minimum Gasteiger partial charge on any atom is -0.326 e. The van der Waals surface area contributed by atoms with Crippen molar-refractivity contribution in [2.24, 2.45) is 5.92 Å². The molecular formula is C26H28BrN3O5S2. The van der Waals surface area contributed by atoms with Crippen LogP contribution in [0, 0.1) is 12.8 Å². The molecule has 0 atom stereocenters. The summed E-state index contributed by atoms with van der Waals surface area (Å²) in [4.78, 5) is 12.9. The van der Waals surface area contributed by atoms with Gasteiger partial charge >= 0.3 is 0 Å². The molecule has 4 rings (SSSR count). The Bertz CT molecular complexity index is 1470. The third-order valence-corrected chi connectivity index (χ3v) is 10.1. The Hall–Kier alpha value is -2.73. The van der Waals surface area contributed by atoms with Gasteiger partial charge in [-0.25, -0.2) is 21.1 Å². The van der Waals surface area contributed by atoms with Crippen molar-refractivity contribution in [3.63, 3.8) is 0 Å². The molecule has 0 aromatic heterocycles. The molecule has 37 heavy (non-hydrogen) atoms. The topological polar surface area (TPSA) is 113 Å². The third-order valence-electron chi connectivity index (χ3n) is 6.35. The maximum atomic E-state index is 12.9. The number of hydrogen-bond donors (Lipinski definition) is 2. The molecule has 196 valence electrons. The van der Waals surface area contributed by atoms with Crippen molar-refractivity contribution in [1.82, 2.24) is 4.31 Å². The molecule has 1 fully saturated rings. The van der Waals surface area contributed by atoms with Crippen molar-refractivity contribution >= 4 is 53.3 Å². The van der Waals surface area contributed by atoms with Gasteiger partial charge < -0.3 is 5.32 Å². The lowest BCUT2D eigenvalue weighted by Gasteiger charge is -2.30. The van der Waals surface area contributed by atoms with Crippen LogP contribution in [0.4, 0.5) is 11.4 Å². The number of carbonyl (C=O) groups excluding carboxylic acids is 1. The highest BCUT2D eigenvalue weighted by Crippen LogP contribution is 2.25. The van der Waals surface area contributed by atoms with Gasteiger partial charge in [-0.05, 0) is 79.4 Å². The molecule has 3 aromatic carbocycles. The van der Waals surface area contributed by atoms with Crippen molar-refractivity contribution in [2.75, 3.05) is 23.1 Å². The number of hydrogen-bond acceptors (Lipinski definition) is 5. The SMILES string of the molecule is Cc1ccccc1CS(=O)(=O)N1CCC(C(=O)Nc2ccc(S(=O)(=O)Nc3ccc(Br)cc3)cc2)CC1. The average molecular weight is 607 g/mol. The molecular weight excluding hydrogens is 578 g/mol. The summed E-state index contributed by atoms with van der Waals surface area (Å²) in [5.41, 5.74) is 2.62. The number of nitrogens with zero attached hydrogens (tertiary/aromatic N) is 1.